The number of hydrogen-bond donors (Lipinski definition) is 0. The molecular weight excluding hydrogens is 140 g/mol. The highest BCUT2D eigenvalue weighted by atomic mass is 35.5. The summed E-state index contributed by atoms with van der Waals surface area (Å²) >= 11 is 0. The van der Waals surface area contributed by atoms with Crippen molar-refractivity contribution in [1.29, 1.82) is 0 Å². The van der Waals surface area contributed by atoms with Crippen LogP contribution in [0.4, 0.5) is 0 Å². The maximum atomic E-state index is 10.4. The smallest absolute Gasteiger partial charge is 0.139 e. The molecule has 0 aliphatic rings. The molecule has 0 spiro atoms. The molecule has 0 fully saturated rings. The van der Waals surface area contributed by atoms with Gasteiger partial charge in [-0.2, -0.15) is 0 Å². The molecule has 2 nitrogen and oxygen atoms in total. The zero-order valence-electron chi connectivity index (χ0n) is 5.64. The van der Waals surface area contributed by atoms with Crippen molar-refractivity contribution in [2.45, 2.75) is 26.7 Å². The molecule has 0 aliphatic carbocycles. The van der Waals surface area contributed by atoms with Crippen LogP contribution in [0.15, 0.2) is 0 Å². The first kappa shape index (κ1) is 11.4. The molecule has 0 rings (SSSR count). The summed E-state index contributed by atoms with van der Waals surface area (Å²) < 4.78 is 0. The van der Waals surface area contributed by atoms with Gasteiger partial charge >= 0.3 is 0 Å². The van der Waals surface area contributed by atoms with Gasteiger partial charge in [-0.3, -0.25) is 9.59 Å². The Morgan fingerprint density at radius 2 is 1.78 bits per heavy atom. The van der Waals surface area contributed by atoms with Crippen molar-refractivity contribution in [1.82, 2.24) is 0 Å². The molecule has 0 saturated carbocycles. The summed E-state index contributed by atoms with van der Waals surface area (Å²) in [5.74, 6) is -0.0191. The van der Waals surface area contributed by atoms with Gasteiger partial charge in [0.1, 0.15) is 11.6 Å². The Balaban J connectivity index is 0. The minimum absolute atomic E-state index is 0. The van der Waals surface area contributed by atoms with Crippen molar-refractivity contribution >= 4 is 24.0 Å². The van der Waals surface area contributed by atoms with E-state index in [2.05, 4.69) is 0 Å². The van der Waals surface area contributed by atoms with E-state index in [1.165, 1.54) is 6.92 Å². The molecular formula is C6H11ClO2. The van der Waals surface area contributed by atoms with Crippen molar-refractivity contribution in [3.8, 4) is 0 Å². The zero-order valence-corrected chi connectivity index (χ0v) is 6.46. The average Bonchev–Trinajstić information content (AvgIpc) is 1.65. The Labute approximate surface area is 61.0 Å². The van der Waals surface area contributed by atoms with Crippen LogP contribution in [0.2, 0.25) is 0 Å². The second-order valence-corrected chi connectivity index (χ2v) is 1.77. The Morgan fingerprint density at radius 1 is 1.33 bits per heavy atom. The van der Waals surface area contributed by atoms with E-state index < -0.39 is 0 Å². The second-order valence-electron chi connectivity index (χ2n) is 1.77. The fourth-order valence-corrected chi connectivity index (χ4v) is 0.403. The predicted molar refractivity (Wildman–Crippen MR) is 37.8 cm³/mol. The Kier molecular flexibility index (Phi) is 7.32. The molecule has 3 heteroatoms. The number of ketones is 2. The van der Waals surface area contributed by atoms with E-state index in [1.807, 2.05) is 0 Å². The van der Waals surface area contributed by atoms with Gasteiger partial charge in [-0.1, -0.05) is 6.92 Å². The number of carbonyl (C=O) groups is 2. The SMILES string of the molecule is CCC(=O)CC(C)=O.Cl. The standard InChI is InChI=1S/C6H10O2.ClH/c1-3-6(8)4-5(2)7;/h3-4H2,1-2H3;1H. The second kappa shape index (κ2) is 5.76. The van der Waals surface area contributed by atoms with Gasteiger partial charge in [-0.15, -0.1) is 12.4 Å². The molecule has 0 aromatic rings. The van der Waals surface area contributed by atoms with Gasteiger partial charge in [0, 0.05) is 6.42 Å². The average molecular weight is 151 g/mol. The molecule has 0 radical (unpaired) electrons. The molecule has 0 unspecified atom stereocenters. The van der Waals surface area contributed by atoms with Crippen molar-refractivity contribution in [3.05, 3.63) is 0 Å². The molecule has 0 atom stereocenters. The summed E-state index contributed by atoms with van der Waals surface area (Å²) in [6.45, 7) is 3.18. The van der Waals surface area contributed by atoms with Crippen molar-refractivity contribution in [2.24, 2.45) is 0 Å². The summed E-state index contributed by atoms with van der Waals surface area (Å²) in [5, 5.41) is 0. The van der Waals surface area contributed by atoms with Crippen LogP contribution >= 0.6 is 12.4 Å². The van der Waals surface area contributed by atoms with E-state index in [4.69, 9.17) is 0 Å². The largest absolute Gasteiger partial charge is 0.300 e. The van der Waals surface area contributed by atoms with Gasteiger partial charge in [0.2, 0.25) is 0 Å². The van der Waals surface area contributed by atoms with E-state index in [-0.39, 0.29) is 30.4 Å². The van der Waals surface area contributed by atoms with Crippen molar-refractivity contribution < 1.29 is 9.59 Å². The highest BCUT2D eigenvalue weighted by Gasteiger charge is 1.99. The normalized spacial score (nSPS) is 7.78. The lowest BCUT2D eigenvalue weighted by atomic mass is 10.2. The van der Waals surface area contributed by atoms with Gasteiger partial charge < -0.3 is 0 Å². The summed E-state index contributed by atoms with van der Waals surface area (Å²) in [7, 11) is 0. The highest BCUT2D eigenvalue weighted by Crippen LogP contribution is 1.87. The maximum Gasteiger partial charge on any atom is 0.139 e. The van der Waals surface area contributed by atoms with Crippen LogP contribution in [-0.2, 0) is 9.59 Å². The maximum absolute atomic E-state index is 10.4. The van der Waals surface area contributed by atoms with Crippen LogP contribution < -0.4 is 0 Å². The number of halogens is 1. The fraction of sp³-hybridized carbons (Fsp3) is 0.667. The highest BCUT2D eigenvalue weighted by molar-refractivity contribution is 5.97. The third-order valence-electron chi connectivity index (χ3n) is 0.840. The Hall–Kier alpha value is -0.370. The topological polar surface area (TPSA) is 34.1 Å². The first-order valence-electron chi connectivity index (χ1n) is 2.68. The van der Waals surface area contributed by atoms with Crippen LogP contribution in [0.25, 0.3) is 0 Å². The molecule has 54 valence electrons. The van der Waals surface area contributed by atoms with Crippen LogP contribution in [0.1, 0.15) is 26.7 Å². The van der Waals surface area contributed by atoms with Gasteiger partial charge in [0.05, 0.1) is 6.42 Å². The predicted octanol–water partition coefficient (Wildman–Crippen LogP) is 1.37. The quantitative estimate of drug-likeness (QED) is 0.570. The van der Waals surface area contributed by atoms with Crippen molar-refractivity contribution in [3.63, 3.8) is 0 Å². The molecule has 0 amide bonds. The molecule has 0 aromatic heterocycles. The molecule has 0 N–H and O–H groups in total. The summed E-state index contributed by atoms with van der Waals surface area (Å²) in [5.41, 5.74) is 0. The molecule has 0 aliphatic heterocycles. The third-order valence-corrected chi connectivity index (χ3v) is 0.840. The van der Waals surface area contributed by atoms with E-state index in [0.29, 0.717) is 6.42 Å². The fourth-order valence-electron chi connectivity index (χ4n) is 0.403. The Morgan fingerprint density at radius 3 is 1.89 bits per heavy atom. The van der Waals surface area contributed by atoms with E-state index in [1.54, 1.807) is 6.92 Å². The van der Waals surface area contributed by atoms with Gasteiger partial charge in [0.15, 0.2) is 0 Å². The van der Waals surface area contributed by atoms with Crippen LogP contribution in [-0.4, -0.2) is 11.6 Å². The number of carbonyl (C=O) groups excluding carboxylic acids is 2. The van der Waals surface area contributed by atoms with Gasteiger partial charge in [0.25, 0.3) is 0 Å². The Bertz CT molecular complexity index is 110. The van der Waals surface area contributed by atoms with Crippen LogP contribution in [0, 0.1) is 0 Å². The van der Waals surface area contributed by atoms with E-state index >= 15 is 0 Å². The first-order chi connectivity index (χ1) is 3.66. The number of Topliss-reactive ketones (excluding diaryl/α,β-unsaturated/α-hetero) is 2. The van der Waals surface area contributed by atoms with Gasteiger partial charge in [-0.25, -0.2) is 0 Å². The third kappa shape index (κ3) is 7.63. The van der Waals surface area contributed by atoms with Crippen LogP contribution in [0.3, 0.4) is 0 Å². The van der Waals surface area contributed by atoms with E-state index in [9.17, 15) is 9.59 Å². The lowest BCUT2D eigenvalue weighted by Crippen LogP contribution is -2.01. The molecule has 9 heavy (non-hydrogen) atoms. The van der Waals surface area contributed by atoms with Gasteiger partial charge in [-0.05, 0) is 6.92 Å². The molecule has 0 bridgehead atoms. The minimum atomic E-state index is -0.0446. The molecule has 0 aromatic carbocycles. The first-order valence-corrected chi connectivity index (χ1v) is 2.68. The monoisotopic (exact) mass is 150 g/mol. The summed E-state index contributed by atoms with van der Waals surface area (Å²) in [6, 6.07) is 0. The van der Waals surface area contributed by atoms with Crippen molar-refractivity contribution in [2.75, 3.05) is 0 Å². The van der Waals surface area contributed by atoms with Crippen LogP contribution in [0.5, 0.6) is 0 Å². The van der Waals surface area contributed by atoms with E-state index in [0.717, 1.165) is 0 Å². The minimum Gasteiger partial charge on any atom is -0.300 e. The summed E-state index contributed by atoms with van der Waals surface area (Å²) in [4.78, 5) is 20.6. The lowest BCUT2D eigenvalue weighted by molar-refractivity contribution is -0.125. The zero-order chi connectivity index (χ0) is 6.57. The molecule has 0 heterocycles. The number of hydrogen-bond acceptors (Lipinski definition) is 2. The lowest BCUT2D eigenvalue weighted by Gasteiger charge is -1.87. The summed E-state index contributed by atoms with van der Waals surface area (Å²) in [6.07, 6.45) is 0.579. The number of rotatable bonds is 3. The molecule has 0 saturated heterocycles.